The van der Waals surface area contributed by atoms with Crippen LogP contribution in [0.5, 0.6) is 0 Å². The van der Waals surface area contributed by atoms with Crippen LogP contribution >= 0.6 is 0 Å². The normalized spacial score (nSPS) is 17.2. The van der Waals surface area contributed by atoms with Gasteiger partial charge in [0.15, 0.2) is 6.10 Å². The number of fused-ring (bicyclic) bond motifs is 1. The minimum atomic E-state index is -4.26. The average molecular weight is 653 g/mol. The molecule has 13 heteroatoms. The number of carbonyl (C=O) groups excluding carboxylic acids is 4. The number of nitrogens with two attached hydrogens (primary N) is 1. The number of esters is 1. The largest absolute Gasteiger partial charge is 0.458 e. The summed E-state index contributed by atoms with van der Waals surface area (Å²) >= 11 is 0. The van der Waals surface area contributed by atoms with Crippen LogP contribution in [0.4, 0.5) is 0 Å². The van der Waals surface area contributed by atoms with Gasteiger partial charge in [-0.15, -0.1) is 0 Å². The lowest BCUT2D eigenvalue weighted by Crippen LogP contribution is -2.57. The zero-order valence-corrected chi connectivity index (χ0v) is 26.8. The Morgan fingerprint density at radius 2 is 1.65 bits per heavy atom. The van der Waals surface area contributed by atoms with Crippen LogP contribution < -0.4 is 15.8 Å². The molecule has 4 atom stereocenters. The summed E-state index contributed by atoms with van der Waals surface area (Å²) in [7, 11) is -4.26. The zero-order chi connectivity index (χ0) is 33.6. The third-order valence-electron chi connectivity index (χ3n) is 7.50. The fraction of sp³-hybridized carbons (Fsp3) is 0.394. The van der Waals surface area contributed by atoms with Gasteiger partial charge in [-0.1, -0.05) is 60.7 Å². The van der Waals surface area contributed by atoms with Gasteiger partial charge in [0.05, 0.1) is 23.4 Å². The summed E-state index contributed by atoms with van der Waals surface area (Å²) in [6.07, 6.45) is -1.53. The molecule has 0 bridgehead atoms. The Morgan fingerprint density at radius 1 is 1.00 bits per heavy atom. The molecule has 0 radical (unpaired) electrons. The van der Waals surface area contributed by atoms with Crippen LogP contribution in [0.1, 0.15) is 45.6 Å². The van der Waals surface area contributed by atoms with Gasteiger partial charge in [0, 0.05) is 6.54 Å². The van der Waals surface area contributed by atoms with Crippen LogP contribution in [-0.4, -0.2) is 78.5 Å². The number of ether oxygens (including phenoxy) is 1. The molecule has 1 fully saturated rings. The third-order valence-corrected chi connectivity index (χ3v) is 8.87. The molecule has 1 heterocycles. The van der Waals surface area contributed by atoms with Crippen molar-refractivity contribution in [3.8, 4) is 0 Å². The van der Waals surface area contributed by atoms with Gasteiger partial charge in [0.2, 0.25) is 11.8 Å². The van der Waals surface area contributed by atoms with Crippen LogP contribution in [0, 0.1) is 0 Å². The number of amides is 3. The number of aliphatic hydroxyl groups is 1. The van der Waals surface area contributed by atoms with Gasteiger partial charge in [-0.3, -0.25) is 14.4 Å². The first-order chi connectivity index (χ1) is 21.6. The maximum atomic E-state index is 13.5. The molecule has 3 amide bonds. The highest BCUT2D eigenvalue weighted by Gasteiger charge is 2.41. The van der Waals surface area contributed by atoms with E-state index >= 15 is 0 Å². The number of hydrogen-bond donors (Lipinski definition) is 4. The second-order valence-electron chi connectivity index (χ2n) is 12.3. The lowest BCUT2D eigenvalue weighted by molar-refractivity contribution is -0.165. The van der Waals surface area contributed by atoms with Gasteiger partial charge in [0.1, 0.15) is 11.6 Å². The Balaban J connectivity index is 1.44. The average Bonchev–Trinajstić information content (AvgIpc) is 3.49. The lowest BCUT2D eigenvalue weighted by Gasteiger charge is -2.31. The minimum Gasteiger partial charge on any atom is -0.458 e. The molecule has 46 heavy (non-hydrogen) atoms. The summed E-state index contributed by atoms with van der Waals surface area (Å²) in [6.45, 7) is 5.37. The number of rotatable bonds is 11. The van der Waals surface area contributed by atoms with Crippen molar-refractivity contribution in [1.29, 1.82) is 0 Å². The molecule has 0 spiro atoms. The first kappa shape index (κ1) is 34.5. The van der Waals surface area contributed by atoms with Crippen molar-refractivity contribution in [3.05, 3.63) is 78.4 Å². The van der Waals surface area contributed by atoms with E-state index in [1.165, 1.54) is 17.0 Å². The number of benzene rings is 3. The standard InChI is InChI=1S/C33H40N4O8S/c1-33(2,3)45-32(42)27-14-9-17-37(27)31(41)29(39)26(18-21-10-5-4-6-11-21)35-30(40)25(34)20-28(38)36-46(43,44)24-16-15-22-12-7-8-13-23(22)19-24/h4-8,10-13,15-16,19,25-27,29,39H,9,14,17-18,20,34H2,1-3H3,(H,35,40)(H,36,38)/t25-,26?,27-,29?/m0/s1. The van der Waals surface area contributed by atoms with Crippen molar-refractivity contribution in [2.24, 2.45) is 5.73 Å². The van der Waals surface area contributed by atoms with E-state index in [1.807, 2.05) is 16.9 Å². The number of nitrogens with one attached hydrogen (secondary N) is 2. The topological polar surface area (TPSA) is 185 Å². The molecule has 2 unspecified atom stereocenters. The first-order valence-electron chi connectivity index (χ1n) is 15.0. The van der Waals surface area contributed by atoms with Crippen LogP contribution in [0.3, 0.4) is 0 Å². The molecule has 4 rings (SSSR count). The van der Waals surface area contributed by atoms with Crippen molar-refractivity contribution in [1.82, 2.24) is 14.9 Å². The summed E-state index contributed by atoms with van der Waals surface area (Å²) in [5, 5.41) is 15.3. The van der Waals surface area contributed by atoms with E-state index in [4.69, 9.17) is 10.5 Å². The third kappa shape index (κ3) is 8.89. The molecule has 0 aliphatic carbocycles. The smallest absolute Gasteiger partial charge is 0.329 e. The molecular formula is C33H40N4O8S. The Labute approximate surface area is 268 Å². The van der Waals surface area contributed by atoms with Gasteiger partial charge in [-0.05, 0) is 68.5 Å². The molecule has 12 nitrogen and oxygen atoms in total. The molecule has 0 aromatic heterocycles. The molecule has 0 saturated carbocycles. The maximum absolute atomic E-state index is 13.5. The van der Waals surface area contributed by atoms with Crippen LogP contribution in [0.2, 0.25) is 0 Å². The zero-order valence-electron chi connectivity index (χ0n) is 26.0. The molecule has 3 aromatic carbocycles. The number of hydrogen-bond acceptors (Lipinski definition) is 9. The summed E-state index contributed by atoms with van der Waals surface area (Å²) in [5.41, 5.74) is 5.93. The molecule has 246 valence electrons. The second kappa shape index (κ2) is 14.4. The van der Waals surface area contributed by atoms with E-state index in [9.17, 15) is 32.7 Å². The predicted octanol–water partition coefficient (Wildman–Crippen LogP) is 1.78. The molecule has 3 aromatic rings. The van der Waals surface area contributed by atoms with Crippen molar-refractivity contribution in [2.75, 3.05) is 6.54 Å². The minimum absolute atomic E-state index is 0.0275. The van der Waals surface area contributed by atoms with Crippen LogP contribution in [0.25, 0.3) is 10.8 Å². The van der Waals surface area contributed by atoms with Crippen LogP contribution in [0.15, 0.2) is 77.7 Å². The van der Waals surface area contributed by atoms with Gasteiger partial charge in [-0.2, -0.15) is 0 Å². The molecule has 1 aliphatic heterocycles. The summed E-state index contributed by atoms with van der Waals surface area (Å²) in [6, 6.07) is 16.8. The van der Waals surface area contributed by atoms with E-state index in [1.54, 1.807) is 69.3 Å². The first-order valence-corrected chi connectivity index (χ1v) is 16.5. The highest BCUT2D eigenvalue weighted by atomic mass is 32.2. The monoisotopic (exact) mass is 652 g/mol. The summed E-state index contributed by atoms with van der Waals surface area (Å²) in [4.78, 5) is 53.3. The lowest BCUT2D eigenvalue weighted by atomic mass is 9.99. The molecular weight excluding hydrogens is 612 g/mol. The molecule has 1 saturated heterocycles. The van der Waals surface area contributed by atoms with Crippen molar-refractivity contribution in [2.45, 2.75) is 81.2 Å². The van der Waals surface area contributed by atoms with E-state index in [2.05, 4.69) is 5.32 Å². The van der Waals surface area contributed by atoms with Crippen molar-refractivity contribution >= 4 is 44.5 Å². The number of aliphatic hydroxyl groups excluding tert-OH is 1. The Hall–Kier alpha value is -4.33. The van der Waals surface area contributed by atoms with E-state index in [-0.39, 0.29) is 17.9 Å². The van der Waals surface area contributed by atoms with E-state index < -0.39 is 70.0 Å². The molecule has 5 N–H and O–H groups in total. The second-order valence-corrected chi connectivity index (χ2v) is 14.0. The van der Waals surface area contributed by atoms with Gasteiger partial charge in [0.25, 0.3) is 15.9 Å². The van der Waals surface area contributed by atoms with E-state index in [0.29, 0.717) is 23.8 Å². The molecule has 1 aliphatic rings. The number of nitrogens with zero attached hydrogens (tertiary/aromatic N) is 1. The summed E-state index contributed by atoms with van der Waals surface area (Å²) in [5.74, 6) is -3.23. The maximum Gasteiger partial charge on any atom is 0.329 e. The summed E-state index contributed by atoms with van der Waals surface area (Å²) < 4.78 is 33.2. The highest BCUT2D eigenvalue weighted by Crippen LogP contribution is 2.23. The fourth-order valence-corrected chi connectivity index (χ4v) is 6.29. The van der Waals surface area contributed by atoms with Crippen molar-refractivity contribution in [3.63, 3.8) is 0 Å². The van der Waals surface area contributed by atoms with Crippen LogP contribution in [-0.2, 0) is 40.4 Å². The number of likely N-dealkylation sites (tertiary alicyclic amines) is 1. The Bertz CT molecular complexity index is 1690. The van der Waals surface area contributed by atoms with Gasteiger partial charge < -0.3 is 25.8 Å². The van der Waals surface area contributed by atoms with Gasteiger partial charge in [-0.25, -0.2) is 17.9 Å². The van der Waals surface area contributed by atoms with Crippen molar-refractivity contribution < 1.29 is 37.4 Å². The Kier molecular flexibility index (Phi) is 10.8. The number of sulfonamides is 1. The Morgan fingerprint density at radius 3 is 2.33 bits per heavy atom. The quantitative estimate of drug-likeness (QED) is 0.224. The van der Waals surface area contributed by atoms with Gasteiger partial charge >= 0.3 is 5.97 Å². The highest BCUT2D eigenvalue weighted by molar-refractivity contribution is 7.90. The number of carbonyl (C=O) groups is 4. The fourth-order valence-electron chi connectivity index (χ4n) is 5.26. The SMILES string of the molecule is CC(C)(C)OC(=O)[C@@H]1CCCN1C(=O)C(O)C(Cc1ccccc1)NC(=O)[C@@H](N)CC(=O)NS(=O)(=O)c1ccc2ccccc2c1. The predicted molar refractivity (Wildman–Crippen MR) is 171 cm³/mol. The van der Waals surface area contributed by atoms with E-state index in [0.717, 1.165) is 5.39 Å².